The van der Waals surface area contributed by atoms with Crippen LogP contribution in [0.1, 0.15) is 16.7 Å². The van der Waals surface area contributed by atoms with Gasteiger partial charge in [-0.1, -0.05) is 11.6 Å². The first-order chi connectivity index (χ1) is 12.8. The minimum atomic E-state index is -3.55. The topological polar surface area (TPSA) is 49.9 Å². The van der Waals surface area contributed by atoms with Gasteiger partial charge in [0.05, 0.1) is 12.0 Å². The van der Waals surface area contributed by atoms with E-state index in [1.54, 1.807) is 17.5 Å². The molecule has 2 aromatic rings. The van der Waals surface area contributed by atoms with Gasteiger partial charge in [0.1, 0.15) is 5.75 Å². The van der Waals surface area contributed by atoms with Gasteiger partial charge in [-0.15, -0.1) is 0 Å². The number of piperazine rings is 1. The highest BCUT2D eigenvalue weighted by Crippen LogP contribution is 2.33. The SMILES string of the molecule is COc1c(C)cc(S(=O)(=O)N2CCN(c3ccc(Cl)cc3)CC2)c(C)c1C. The normalized spacial score (nSPS) is 15.8. The molecule has 0 radical (unpaired) electrons. The molecule has 0 bridgehead atoms. The van der Waals surface area contributed by atoms with E-state index in [1.807, 2.05) is 45.0 Å². The third-order valence-electron chi connectivity index (χ3n) is 5.23. The quantitative estimate of drug-likeness (QED) is 0.772. The maximum absolute atomic E-state index is 13.2. The lowest BCUT2D eigenvalue weighted by Gasteiger charge is -2.35. The van der Waals surface area contributed by atoms with E-state index in [0.717, 1.165) is 28.1 Å². The Bertz CT molecular complexity index is 935. The van der Waals surface area contributed by atoms with Crippen molar-refractivity contribution in [2.24, 2.45) is 0 Å². The van der Waals surface area contributed by atoms with Crippen LogP contribution in [0.5, 0.6) is 5.75 Å². The number of hydrogen-bond donors (Lipinski definition) is 0. The molecule has 1 heterocycles. The highest BCUT2D eigenvalue weighted by Gasteiger charge is 2.31. The van der Waals surface area contributed by atoms with E-state index < -0.39 is 10.0 Å². The molecule has 0 aliphatic carbocycles. The number of rotatable bonds is 4. The van der Waals surface area contributed by atoms with Crippen molar-refractivity contribution >= 4 is 27.3 Å². The van der Waals surface area contributed by atoms with Gasteiger partial charge in [-0.25, -0.2) is 8.42 Å². The number of halogens is 1. The molecule has 0 unspecified atom stereocenters. The standard InChI is InChI=1S/C20H25ClN2O3S/c1-14-13-19(15(2)16(3)20(14)26-4)27(24,25)23-11-9-22(10-12-23)18-7-5-17(21)6-8-18/h5-8,13H,9-12H2,1-4H3. The van der Waals surface area contributed by atoms with Crippen LogP contribution in [-0.2, 0) is 10.0 Å². The van der Waals surface area contributed by atoms with Gasteiger partial charge in [-0.2, -0.15) is 4.31 Å². The lowest BCUT2D eigenvalue weighted by molar-refractivity contribution is 0.384. The second-order valence-electron chi connectivity index (χ2n) is 6.84. The molecule has 2 aromatic carbocycles. The maximum Gasteiger partial charge on any atom is 0.243 e. The second-order valence-corrected chi connectivity index (χ2v) is 9.19. The van der Waals surface area contributed by atoms with Gasteiger partial charge in [-0.3, -0.25) is 0 Å². The molecule has 7 heteroatoms. The Morgan fingerprint density at radius 3 is 2.11 bits per heavy atom. The highest BCUT2D eigenvalue weighted by atomic mass is 35.5. The smallest absolute Gasteiger partial charge is 0.243 e. The second kappa shape index (κ2) is 7.70. The van der Waals surface area contributed by atoms with Crippen molar-refractivity contribution in [1.82, 2.24) is 4.31 Å². The third kappa shape index (κ3) is 3.79. The van der Waals surface area contributed by atoms with Crippen LogP contribution in [0.25, 0.3) is 0 Å². The number of aryl methyl sites for hydroxylation is 1. The fourth-order valence-corrected chi connectivity index (χ4v) is 5.49. The predicted molar refractivity (Wildman–Crippen MR) is 110 cm³/mol. The molecule has 0 atom stereocenters. The molecule has 146 valence electrons. The van der Waals surface area contributed by atoms with Crippen LogP contribution in [0.2, 0.25) is 5.02 Å². The number of benzene rings is 2. The summed E-state index contributed by atoms with van der Waals surface area (Å²) in [4.78, 5) is 2.55. The van der Waals surface area contributed by atoms with E-state index >= 15 is 0 Å². The van der Waals surface area contributed by atoms with E-state index in [-0.39, 0.29) is 0 Å². The number of sulfonamides is 1. The fraction of sp³-hybridized carbons (Fsp3) is 0.400. The van der Waals surface area contributed by atoms with Crippen molar-refractivity contribution in [3.63, 3.8) is 0 Å². The van der Waals surface area contributed by atoms with E-state index in [4.69, 9.17) is 16.3 Å². The molecular weight excluding hydrogens is 384 g/mol. The van der Waals surface area contributed by atoms with Crippen LogP contribution < -0.4 is 9.64 Å². The Morgan fingerprint density at radius 1 is 0.963 bits per heavy atom. The van der Waals surface area contributed by atoms with Gasteiger partial charge in [0.25, 0.3) is 0 Å². The summed E-state index contributed by atoms with van der Waals surface area (Å²) in [6.07, 6.45) is 0. The zero-order valence-corrected chi connectivity index (χ0v) is 17.7. The summed E-state index contributed by atoms with van der Waals surface area (Å²) in [6, 6.07) is 9.36. The number of hydrogen-bond acceptors (Lipinski definition) is 4. The number of ether oxygens (including phenoxy) is 1. The van der Waals surface area contributed by atoms with Gasteiger partial charge in [0.15, 0.2) is 0 Å². The van der Waals surface area contributed by atoms with E-state index in [9.17, 15) is 8.42 Å². The van der Waals surface area contributed by atoms with Crippen LogP contribution >= 0.6 is 11.6 Å². The van der Waals surface area contributed by atoms with Gasteiger partial charge in [0.2, 0.25) is 10.0 Å². The van der Waals surface area contributed by atoms with Gasteiger partial charge in [-0.05, 0) is 67.8 Å². The summed E-state index contributed by atoms with van der Waals surface area (Å²) >= 11 is 5.95. The molecule has 5 nitrogen and oxygen atoms in total. The molecule has 1 aliphatic rings. The van der Waals surface area contributed by atoms with Gasteiger partial charge >= 0.3 is 0 Å². The summed E-state index contributed by atoms with van der Waals surface area (Å²) < 4.78 is 33.5. The van der Waals surface area contributed by atoms with Crippen molar-refractivity contribution in [1.29, 1.82) is 0 Å². The Balaban J connectivity index is 1.82. The molecule has 0 spiro atoms. The zero-order valence-electron chi connectivity index (χ0n) is 16.1. The fourth-order valence-electron chi connectivity index (χ4n) is 3.58. The molecule has 0 aromatic heterocycles. The van der Waals surface area contributed by atoms with Crippen LogP contribution in [0.3, 0.4) is 0 Å². The van der Waals surface area contributed by atoms with Crippen molar-refractivity contribution in [2.45, 2.75) is 25.7 Å². The summed E-state index contributed by atoms with van der Waals surface area (Å²) in [6.45, 7) is 7.82. The largest absolute Gasteiger partial charge is 0.496 e. The molecule has 1 aliphatic heterocycles. The third-order valence-corrected chi connectivity index (χ3v) is 7.51. The number of nitrogens with zero attached hydrogens (tertiary/aromatic N) is 2. The van der Waals surface area contributed by atoms with Crippen LogP contribution in [0.15, 0.2) is 35.2 Å². The van der Waals surface area contributed by atoms with Crippen molar-refractivity contribution in [3.8, 4) is 5.75 Å². The van der Waals surface area contributed by atoms with E-state index in [2.05, 4.69) is 4.90 Å². The van der Waals surface area contributed by atoms with Crippen molar-refractivity contribution in [3.05, 3.63) is 52.0 Å². The molecule has 1 fully saturated rings. The van der Waals surface area contributed by atoms with Gasteiger partial charge in [0, 0.05) is 36.9 Å². The lowest BCUT2D eigenvalue weighted by atomic mass is 10.1. The molecule has 27 heavy (non-hydrogen) atoms. The first-order valence-electron chi connectivity index (χ1n) is 8.91. The highest BCUT2D eigenvalue weighted by molar-refractivity contribution is 7.89. The average Bonchev–Trinajstić information content (AvgIpc) is 2.66. The Hall–Kier alpha value is -1.76. The van der Waals surface area contributed by atoms with E-state index in [1.165, 1.54) is 0 Å². The molecule has 0 saturated carbocycles. The summed E-state index contributed by atoms with van der Waals surface area (Å²) in [7, 11) is -1.93. The van der Waals surface area contributed by atoms with E-state index in [0.29, 0.717) is 36.1 Å². The monoisotopic (exact) mass is 408 g/mol. The van der Waals surface area contributed by atoms with Crippen LogP contribution in [0, 0.1) is 20.8 Å². The molecule has 1 saturated heterocycles. The maximum atomic E-state index is 13.2. The van der Waals surface area contributed by atoms with Crippen LogP contribution in [-0.4, -0.2) is 46.0 Å². The zero-order chi connectivity index (χ0) is 19.8. The number of methoxy groups -OCH3 is 1. The minimum absolute atomic E-state index is 0.373. The summed E-state index contributed by atoms with van der Waals surface area (Å²) in [5.74, 6) is 0.749. The lowest BCUT2D eigenvalue weighted by Crippen LogP contribution is -2.48. The Labute approximate surface area is 166 Å². The molecule has 0 N–H and O–H groups in total. The Kier molecular flexibility index (Phi) is 5.70. The summed E-state index contributed by atoms with van der Waals surface area (Å²) in [5.41, 5.74) is 3.51. The van der Waals surface area contributed by atoms with Crippen molar-refractivity contribution < 1.29 is 13.2 Å². The average molecular weight is 409 g/mol. The predicted octanol–water partition coefficient (Wildman–Crippen LogP) is 3.78. The van der Waals surface area contributed by atoms with Crippen LogP contribution in [0.4, 0.5) is 5.69 Å². The molecule has 0 amide bonds. The first-order valence-corrected chi connectivity index (χ1v) is 10.7. The first kappa shape index (κ1) is 20.0. The minimum Gasteiger partial charge on any atom is -0.496 e. The van der Waals surface area contributed by atoms with Crippen molar-refractivity contribution in [2.75, 3.05) is 38.2 Å². The van der Waals surface area contributed by atoms with Gasteiger partial charge < -0.3 is 9.64 Å². The summed E-state index contributed by atoms with van der Waals surface area (Å²) in [5, 5.41) is 0.695. The number of anilines is 1. The molecule has 3 rings (SSSR count). The molecular formula is C20H25ClN2O3S. The Morgan fingerprint density at radius 2 is 1.56 bits per heavy atom.